The molecule has 1 aromatic carbocycles. The minimum absolute atomic E-state index is 0.308. The summed E-state index contributed by atoms with van der Waals surface area (Å²) in [5.41, 5.74) is 0.906. The molecule has 1 heterocycles. The van der Waals surface area contributed by atoms with Crippen LogP contribution in [-0.2, 0) is 0 Å². The number of rotatable bonds is 7. The van der Waals surface area contributed by atoms with E-state index in [-0.39, 0.29) is 5.91 Å². The summed E-state index contributed by atoms with van der Waals surface area (Å²) in [7, 11) is 0. The molecular weight excluding hydrogens is 347 g/mol. The van der Waals surface area contributed by atoms with Gasteiger partial charge >= 0.3 is 0 Å². The fourth-order valence-corrected chi connectivity index (χ4v) is 2.81. The van der Waals surface area contributed by atoms with Crippen molar-refractivity contribution in [1.82, 2.24) is 9.97 Å². The Hall–Kier alpha value is -1.85. The number of carbonyl (C=O) groups excluding carboxylic acids is 1. The lowest BCUT2D eigenvalue weighted by Crippen LogP contribution is -2.27. The van der Waals surface area contributed by atoms with Crippen molar-refractivity contribution in [3.05, 3.63) is 46.2 Å². The summed E-state index contributed by atoms with van der Waals surface area (Å²) in [6, 6.07) is 4.86. The molecule has 1 aromatic heterocycles. The van der Waals surface area contributed by atoms with Crippen LogP contribution in [0.25, 0.3) is 0 Å². The van der Waals surface area contributed by atoms with Gasteiger partial charge in [-0.25, -0.2) is 9.97 Å². The van der Waals surface area contributed by atoms with Crippen LogP contribution in [0.3, 0.4) is 0 Å². The SMILES string of the molecule is CCCN(CCC)c1ncc(C(=O)Nc2cc(Cl)cc(Cl)c2)cn1. The van der Waals surface area contributed by atoms with Crippen molar-refractivity contribution in [2.45, 2.75) is 26.7 Å². The molecule has 2 aromatic rings. The monoisotopic (exact) mass is 366 g/mol. The summed E-state index contributed by atoms with van der Waals surface area (Å²) in [4.78, 5) is 23.0. The zero-order valence-electron chi connectivity index (χ0n) is 13.7. The molecule has 24 heavy (non-hydrogen) atoms. The zero-order valence-corrected chi connectivity index (χ0v) is 15.2. The van der Waals surface area contributed by atoms with Crippen molar-refractivity contribution in [3.63, 3.8) is 0 Å². The van der Waals surface area contributed by atoms with E-state index in [1.165, 1.54) is 12.4 Å². The Balaban J connectivity index is 2.10. The average molecular weight is 367 g/mol. The molecule has 0 saturated carbocycles. The second-order valence-electron chi connectivity index (χ2n) is 5.37. The van der Waals surface area contributed by atoms with E-state index in [0.717, 1.165) is 25.9 Å². The Morgan fingerprint density at radius 2 is 1.58 bits per heavy atom. The van der Waals surface area contributed by atoms with Crippen LogP contribution < -0.4 is 10.2 Å². The Morgan fingerprint density at radius 3 is 2.08 bits per heavy atom. The van der Waals surface area contributed by atoms with Gasteiger partial charge in [0.05, 0.1) is 5.56 Å². The Bertz CT molecular complexity index is 665. The van der Waals surface area contributed by atoms with Crippen LogP contribution in [0.2, 0.25) is 10.0 Å². The summed E-state index contributed by atoms with van der Waals surface area (Å²) < 4.78 is 0. The summed E-state index contributed by atoms with van der Waals surface area (Å²) in [5.74, 6) is 0.332. The lowest BCUT2D eigenvalue weighted by Gasteiger charge is -2.21. The van der Waals surface area contributed by atoms with Crippen molar-refractivity contribution in [1.29, 1.82) is 0 Å². The Kier molecular flexibility index (Phi) is 6.82. The maximum Gasteiger partial charge on any atom is 0.258 e. The minimum atomic E-state index is -0.308. The summed E-state index contributed by atoms with van der Waals surface area (Å²) >= 11 is 11.9. The Labute approximate surface area is 152 Å². The largest absolute Gasteiger partial charge is 0.341 e. The molecule has 0 atom stereocenters. The van der Waals surface area contributed by atoms with Gasteiger partial charge in [-0.05, 0) is 31.0 Å². The standard InChI is InChI=1S/C17H20Cl2N4O/c1-3-5-23(6-4-2)17-20-10-12(11-21-17)16(24)22-15-8-13(18)7-14(19)9-15/h7-11H,3-6H2,1-2H3,(H,22,24). The number of hydrogen-bond donors (Lipinski definition) is 1. The second-order valence-corrected chi connectivity index (χ2v) is 6.24. The van der Waals surface area contributed by atoms with Crippen LogP contribution in [0.1, 0.15) is 37.0 Å². The van der Waals surface area contributed by atoms with Gasteiger partial charge in [-0.3, -0.25) is 4.79 Å². The number of aromatic nitrogens is 2. The quantitative estimate of drug-likeness (QED) is 0.773. The molecule has 0 aliphatic heterocycles. The first kappa shape index (κ1) is 18.5. The molecule has 5 nitrogen and oxygen atoms in total. The van der Waals surface area contributed by atoms with Crippen molar-refractivity contribution in [3.8, 4) is 0 Å². The van der Waals surface area contributed by atoms with Crippen molar-refractivity contribution < 1.29 is 4.79 Å². The molecule has 0 fully saturated rings. The lowest BCUT2D eigenvalue weighted by molar-refractivity contribution is 0.102. The second kappa shape index (κ2) is 8.85. The van der Waals surface area contributed by atoms with E-state index in [9.17, 15) is 4.79 Å². The number of hydrogen-bond acceptors (Lipinski definition) is 4. The molecule has 0 spiro atoms. The number of halogens is 2. The van der Waals surface area contributed by atoms with Gasteiger partial charge in [0.2, 0.25) is 5.95 Å². The molecule has 2 rings (SSSR count). The third-order valence-electron chi connectivity index (χ3n) is 3.29. The lowest BCUT2D eigenvalue weighted by atomic mass is 10.2. The van der Waals surface area contributed by atoms with Crippen LogP contribution in [0.4, 0.5) is 11.6 Å². The highest BCUT2D eigenvalue weighted by Crippen LogP contribution is 2.22. The Morgan fingerprint density at radius 1 is 1.04 bits per heavy atom. The number of carbonyl (C=O) groups is 1. The normalized spacial score (nSPS) is 10.5. The fraction of sp³-hybridized carbons (Fsp3) is 0.353. The number of anilines is 2. The maximum absolute atomic E-state index is 12.3. The van der Waals surface area contributed by atoms with E-state index >= 15 is 0 Å². The molecule has 1 N–H and O–H groups in total. The van der Waals surface area contributed by atoms with Crippen molar-refractivity contribution in [2.75, 3.05) is 23.3 Å². The number of benzene rings is 1. The highest BCUT2D eigenvalue weighted by molar-refractivity contribution is 6.35. The van der Waals surface area contributed by atoms with E-state index in [1.54, 1.807) is 18.2 Å². The van der Waals surface area contributed by atoms with Crippen LogP contribution in [0.5, 0.6) is 0 Å². The molecule has 0 radical (unpaired) electrons. The van der Waals surface area contributed by atoms with Gasteiger partial charge < -0.3 is 10.2 Å². The summed E-state index contributed by atoms with van der Waals surface area (Å²) in [5, 5.41) is 3.65. The number of nitrogens with zero attached hydrogens (tertiary/aromatic N) is 3. The van der Waals surface area contributed by atoms with Gasteiger partial charge in [-0.1, -0.05) is 37.0 Å². The first-order valence-corrected chi connectivity index (χ1v) is 8.63. The molecule has 0 unspecified atom stereocenters. The van der Waals surface area contributed by atoms with Crippen LogP contribution in [0, 0.1) is 0 Å². The first-order valence-electron chi connectivity index (χ1n) is 7.88. The average Bonchev–Trinajstić information content (AvgIpc) is 2.54. The summed E-state index contributed by atoms with van der Waals surface area (Å²) in [6.07, 6.45) is 5.09. The summed E-state index contributed by atoms with van der Waals surface area (Å²) in [6.45, 7) is 6.00. The van der Waals surface area contributed by atoms with Gasteiger partial charge in [0.15, 0.2) is 0 Å². The number of nitrogens with one attached hydrogen (secondary N) is 1. The number of amides is 1. The van der Waals surface area contributed by atoms with Crippen molar-refractivity contribution >= 4 is 40.7 Å². The minimum Gasteiger partial charge on any atom is -0.341 e. The van der Waals surface area contributed by atoms with E-state index in [0.29, 0.717) is 27.2 Å². The molecule has 0 saturated heterocycles. The van der Waals surface area contributed by atoms with Gasteiger partial charge in [0.25, 0.3) is 5.91 Å². The molecule has 0 aliphatic carbocycles. The van der Waals surface area contributed by atoms with Gasteiger partial charge in [0, 0.05) is 41.2 Å². The van der Waals surface area contributed by atoms with E-state index in [2.05, 4.69) is 34.0 Å². The van der Waals surface area contributed by atoms with E-state index in [4.69, 9.17) is 23.2 Å². The van der Waals surface area contributed by atoms with Gasteiger partial charge in [-0.15, -0.1) is 0 Å². The smallest absolute Gasteiger partial charge is 0.258 e. The van der Waals surface area contributed by atoms with Crippen LogP contribution in [0.15, 0.2) is 30.6 Å². The van der Waals surface area contributed by atoms with Gasteiger partial charge in [0.1, 0.15) is 0 Å². The maximum atomic E-state index is 12.3. The predicted octanol–water partition coefficient (Wildman–Crippen LogP) is 4.66. The third-order valence-corrected chi connectivity index (χ3v) is 3.73. The zero-order chi connectivity index (χ0) is 17.5. The van der Waals surface area contributed by atoms with Crippen molar-refractivity contribution in [2.24, 2.45) is 0 Å². The highest BCUT2D eigenvalue weighted by atomic mass is 35.5. The van der Waals surface area contributed by atoms with Crippen LogP contribution in [-0.4, -0.2) is 29.0 Å². The first-order chi connectivity index (χ1) is 11.5. The molecular formula is C17H20Cl2N4O. The molecule has 0 aliphatic rings. The van der Waals surface area contributed by atoms with Gasteiger partial charge in [-0.2, -0.15) is 0 Å². The highest BCUT2D eigenvalue weighted by Gasteiger charge is 2.11. The molecule has 0 bridgehead atoms. The topological polar surface area (TPSA) is 58.1 Å². The van der Waals surface area contributed by atoms with E-state index in [1.807, 2.05) is 0 Å². The molecule has 7 heteroatoms. The predicted molar refractivity (Wildman–Crippen MR) is 99.2 cm³/mol. The van der Waals surface area contributed by atoms with E-state index < -0.39 is 0 Å². The third kappa shape index (κ3) is 5.08. The fourth-order valence-electron chi connectivity index (χ4n) is 2.28. The molecule has 128 valence electrons. The van der Waals surface area contributed by atoms with Crippen LogP contribution >= 0.6 is 23.2 Å². The molecule has 1 amide bonds.